The molecule has 1 saturated heterocycles. The molecule has 3 aromatic rings. The summed E-state index contributed by atoms with van der Waals surface area (Å²) in [4.78, 5) is 25.6. The highest BCUT2D eigenvalue weighted by Crippen LogP contribution is 2.33. The molecule has 0 bridgehead atoms. The lowest BCUT2D eigenvalue weighted by atomic mass is 9.85. The van der Waals surface area contributed by atoms with Gasteiger partial charge in [-0.25, -0.2) is 8.78 Å². The third-order valence-electron chi connectivity index (χ3n) is 6.76. The van der Waals surface area contributed by atoms with Crippen LogP contribution in [-0.4, -0.2) is 48.8 Å². The Bertz CT molecular complexity index is 1350. The first-order valence-corrected chi connectivity index (χ1v) is 12.6. The zero-order valence-electron chi connectivity index (χ0n) is 21.6. The number of nitrogens with zero attached hydrogens (tertiary/aromatic N) is 1. The lowest BCUT2D eigenvalue weighted by molar-refractivity contribution is -0.274. The Balaban J connectivity index is 1.58. The van der Waals surface area contributed by atoms with E-state index in [1.54, 1.807) is 4.90 Å². The molecule has 0 saturated carbocycles. The molecule has 1 aliphatic rings. The van der Waals surface area contributed by atoms with E-state index in [2.05, 4.69) is 15.4 Å². The number of rotatable bonds is 8. The average Bonchev–Trinajstić information content (AvgIpc) is 2.91. The number of amides is 2. The second-order valence-corrected chi connectivity index (χ2v) is 9.54. The van der Waals surface area contributed by atoms with Crippen LogP contribution in [0.4, 0.5) is 22.0 Å². The number of piperidine rings is 1. The summed E-state index contributed by atoms with van der Waals surface area (Å²) in [5, 5.41) is 5.82. The van der Waals surface area contributed by atoms with Crippen LogP contribution in [0.5, 0.6) is 5.75 Å². The van der Waals surface area contributed by atoms with Crippen LogP contribution in [0.1, 0.15) is 30.4 Å². The number of halogens is 5. The number of likely N-dealkylation sites (tertiary alicyclic amines) is 1. The summed E-state index contributed by atoms with van der Waals surface area (Å²) in [6.07, 6.45) is -4.45. The van der Waals surface area contributed by atoms with Crippen LogP contribution >= 0.6 is 0 Å². The SMILES string of the molecule is CC(=O)NCC(=O)N1CCC(NCc2cc(-c3ccc(F)cc3F)ccc2OC(F)(F)F)C(c2ccccc2)C1. The number of alkyl halides is 3. The molecular formula is C29H28F5N3O3. The Labute approximate surface area is 228 Å². The normalized spacial score (nSPS) is 17.4. The summed E-state index contributed by atoms with van der Waals surface area (Å²) in [5.74, 6) is -2.79. The van der Waals surface area contributed by atoms with Crippen LogP contribution in [0, 0.1) is 11.6 Å². The van der Waals surface area contributed by atoms with E-state index in [0.717, 1.165) is 17.7 Å². The first-order valence-electron chi connectivity index (χ1n) is 12.6. The molecule has 4 rings (SSSR count). The molecule has 2 atom stereocenters. The van der Waals surface area contributed by atoms with Crippen molar-refractivity contribution in [2.24, 2.45) is 0 Å². The molecule has 1 fully saturated rings. The first-order chi connectivity index (χ1) is 19.0. The van der Waals surface area contributed by atoms with Gasteiger partial charge in [-0.3, -0.25) is 9.59 Å². The number of hydrogen-bond acceptors (Lipinski definition) is 4. The van der Waals surface area contributed by atoms with E-state index in [4.69, 9.17) is 0 Å². The zero-order chi connectivity index (χ0) is 28.9. The van der Waals surface area contributed by atoms with Gasteiger partial charge in [0, 0.05) is 55.7 Å². The molecular weight excluding hydrogens is 533 g/mol. The fourth-order valence-corrected chi connectivity index (χ4v) is 4.85. The van der Waals surface area contributed by atoms with E-state index in [0.29, 0.717) is 25.6 Å². The number of carbonyl (C=O) groups is 2. The molecule has 2 N–H and O–H groups in total. The van der Waals surface area contributed by atoms with E-state index >= 15 is 0 Å². The minimum absolute atomic E-state index is 0.0364. The van der Waals surface area contributed by atoms with Crippen LogP contribution in [0.15, 0.2) is 66.7 Å². The largest absolute Gasteiger partial charge is 0.573 e. The molecule has 212 valence electrons. The van der Waals surface area contributed by atoms with Crippen molar-refractivity contribution in [3.8, 4) is 16.9 Å². The van der Waals surface area contributed by atoms with Gasteiger partial charge in [-0.15, -0.1) is 13.2 Å². The molecule has 1 heterocycles. The van der Waals surface area contributed by atoms with Crippen LogP contribution in [0.3, 0.4) is 0 Å². The van der Waals surface area contributed by atoms with Gasteiger partial charge in [-0.05, 0) is 41.8 Å². The van der Waals surface area contributed by atoms with Crippen molar-refractivity contribution >= 4 is 11.8 Å². The highest BCUT2D eigenvalue weighted by Gasteiger charge is 2.34. The zero-order valence-corrected chi connectivity index (χ0v) is 21.6. The van der Waals surface area contributed by atoms with Gasteiger partial charge in [-0.2, -0.15) is 0 Å². The quantitative estimate of drug-likeness (QED) is 0.374. The van der Waals surface area contributed by atoms with Crippen molar-refractivity contribution in [3.63, 3.8) is 0 Å². The monoisotopic (exact) mass is 561 g/mol. The smallest absolute Gasteiger partial charge is 0.405 e. The van der Waals surface area contributed by atoms with Crippen molar-refractivity contribution in [2.45, 2.75) is 38.2 Å². The third kappa shape index (κ3) is 7.56. The average molecular weight is 562 g/mol. The second-order valence-electron chi connectivity index (χ2n) is 9.54. The van der Waals surface area contributed by atoms with Gasteiger partial charge in [0.1, 0.15) is 17.4 Å². The summed E-state index contributed by atoms with van der Waals surface area (Å²) in [7, 11) is 0. The summed E-state index contributed by atoms with van der Waals surface area (Å²) in [6, 6.07) is 16.0. The molecule has 0 aromatic heterocycles. The number of carbonyl (C=O) groups excluding carboxylic acids is 2. The molecule has 2 amide bonds. The van der Waals surface area contributed by atoms with Crippen LogP contribution in [0.2, 0.25) is 0 Å². The van der Waals surface area contributed by atoms with E-state index in [9.17, 15) is 31.5 Å². The lowest BCUT2D eigenvalue weighted by Gasteiger charge is -2.39. The Morgan fingerprint density at radius 1 is 1.02 bits per heavy atom. The fraction of sp³-hybridized carbons (Fsp3) is 0.310. The highest BCUT2D eigenvalue weighted by molar-refractivity contribution is 5.83. The molecule has 2 unspecified atom stereocenters. The molecule has 1 aliphatic heterocycles. The molecule has 6 nitrogen and oxygen atoms in total. The first kappa shape index (κ1) is 29.0. The fourth-order valence-electron chi connectivity index (χ4n) is 4.85. The molecule has 0 aliphatic carbocycles. The highest BCUT2D eigenvalue weighted by atomic mass is 19.4. The lowest BCUT2D eigenvalue weighted by Crippen LogP contribution is -2.51. The van der Waals surface area contributed by atoms with Crippen molar-refractivity contribution in [2.75, 3.05) is 19.6 Å². The van der Waals surface area contributed by atoms with Crippen LogP contribution < -0.4 is 15.4 Å². The van der Waals surface area contributed by atoms with E-state index < -0.39 is 23.7 Å². The Hall–Kier alpha value is -3.99. The third-order valence-corrected chi connectivity index (χ3v) is 6.76. The van der Waals surface area contributed by atoms with E-state index in [1.807, 2.05) is 30.3 Å². The maximum absolute atomic E-state index is 14.4. The topological polar surface area (TPSA) is 70.7 Å². The summed E-state index contributed by atoms with van der Waals surface area (Å²) < 4.78 is 71.6. The van der Waals surface area contributed by atoms with Crippen LogP contribution in [0.25, 0.3) is 11.1 Å². The number of benzene rings is 3. The van der Waals surface area contributed by atoms with Crippen molar-refractivity contribution in [3.05, 3.63) is 89.5 Å². The van der Waals surface area contributed by atoms with Gasteiger partial charge >= 0.3 is 6.36 Å². The Kier molecular flexibility index (Phi) is 9.03. The maximum Gasteiger partial charge on any atom is 0.573 e. The molecule has 3 aromatic carbocycles. The molecule has 40 heavy (non-hydrogen) atoms. The summed E-state index contributed by atoms with van der Waals surface area (Å²) >= 11 is 0. The molecule has 11 heteroatoms. The van der Waals surface area contributed by atoms with E-state index in [-0.39, 0.29) is 53.6 Å². The van der Waals surface area contributed by atoms with Crippen molar-refractivity contribution < 1.29 is 36.3 Å². The molecule has 0 radical (unpaired) electrons. The van der Waals surface area contributed by atoms with Gasteiger partial charge in [0.25, 0.3) is 0 Å². The summed E-state index contributed by atoms with van der Waals surface area (Å²) in [6.45, 7) is 1.88. The van der Waals surface area contributed by atoms with Gasteiger partial charge < -0.3 is 20.3 Å². The maximum atomic E-state index is 14.4. The summed E-state index contributed by atoms with van der Waals surface area (Å²) in [5.41, 5.74) is 1.37. The van der Waals surface area contributed by atoms with Crippen molar-refractivity contribution in [1.82, 2.24) is 15.5 Å². The second kappa shape index (κ2) is 12.5. The van der Waals surface area contributed by atoms with Gasteiger partial charge in [0.15, 0.2) is 0 Å². The van der Waals surface area contributed by atoms with Crippen molar-refractivity contribution in [1.29, 1.82) is 0 Å². The van der Waals surface area contributed by atoms with E-state index in [1.165, 1.54) is 25.1 Å². The Morgan fingerprint density at radius 2 is 1.77 bits per heavy atom. The molecule has 0 spiro atoms. The number of nitrogens with one attached hydrogen (secondary N) is 2. The minimum atomic E-state index is -4.94. The van der Waals surface area contributed by atoms with Gasteiger partial charge in [0.2, 0.25) is 11.8 Å². The predicted octanol–water partition coefficient (Wildman–Crippen LogP) is 5.14. The number of hydrogen-bond donors (Lipinski definition) is 2. The van der Waals surface area contributed by atoms with Crippen LogP contribution in [-0.2, 0) is 16.1 Å². The minimum Gasteiger partial charge on any atom is -0.405 e. The Morgan fingerprint density at radius 3 is 2.45 bits per heavy atom. The predicted molar refractivity (Wildman–Crippen MR) is 138 cm³/mol. The van der Waals surface area contributed by atoms with Gasteiger partial charge in [-0.1, -0.05) is 36.4 Å². The number of ether oxygens (including phenoxy) is 1. The standard InChI is InChI=1S/C29H28F5N3O3/c1-18(38)35-16-28(39)37-12-11-26(24(17-37)19-5-3-2-4-6-19)36-15-21-13-20(7-10-27(21)40-29(32,33)34)23-9-8-22(30)14-25(23)31/h2-10,13-14,24,26,36H,11-12,15-17H2,1H3,(H,35,38). The van der Waals surface area contributed by atoms with Gasteiger partial charge in [0.05, 0.1) is 6.54 Å².